The molecule has 2 N–H and O–H groups in total. The lowest BCUT2D eigenvalue weighted by Gasteiger charge is -2.16. The number of nitrogens with two attached hydrogens (primary N) is 1. The normalized spacial score (nSPS) is 28.5. The van der Waals surface area contributed by atoms with E-state index in [1.165, 1.54) is 14.0 Å². The number of ether oxygens (including phenoxy) is 2. The molecule has 3 unspecified atom stereocenters. The Hall–Kier alpha value is -1.59. The lowest BCUT2D eigenvalue weighted by atomic mass is 10.0. The monoisotopic (exact) mass is 229 g/mol. The Morgan fingerprint density at radius 3 is 2.31 bits per heavy atom. The number of amides is 1. The molecule has 90 valence electrons. The van der Waals surface area contributed by atoms with Gasteiger partial charge < -0.3 is 15.2 Å². The first-order valence-electron chi connectivity index (χ1n) is 5.00. The maximum absolute atomic E-state index is 11.4. The molecule has 0 aromatic rings. The molecule has 0 bridgehead atoms. The van der Waals surface area contributed by atoms with Crippen LogP contribution in [0.25, 0.3) is 0 Å². The van der Waals surface area contributed by atoms with Crippen LogP contribution in [-0.4, -0.2) is 31.1 Å². The van der Waals surface area contributed by atoms with Crippen LogP contribution in [0.3, 0.4) is 0 Å². The molecule has 0 aliphatic heterocycles. The van der Waals surface area contributed by atoms with Crippen molar-refractivity contribution in [1.29, 1.82) is 0 Å². The third-order valence-corrected chi connectivity index (χ3v) is 2.73. The van der Waals surface area contributed by atoms with Crippen LogP contribution in [-0.2, 0) is 23.9 Å². The molecule has 0 heterocycles. The minimum Gasteiger partial charge on any atom is -0.469 e. The van der Waals surface area contributed by atoms with E-state index < -0.39 is 35.8 Å². The fourth-order valence-corrected chi connectivity index (χ4v) is 1.97. The van der Waals surface area contributed by atoms with E-state index in [4.69, 9.17) is 10.5 Å². The number of esters is 2. The van der Waals surface area contributed by atoms with Crippen LogP contribution < -0.4 is 5.73 Å². The SMILES string of the molecule is COC(=O)C1CC(C(N)=O)CC1OC(C)=O. The number of primary amides is 1. The number of carbonyl (C=O) groups excluding carboxylic acids is 3. The fraction of sp³-hybridized carbons (Fsp3) is 0.700. The minimum absolute atomic E-state index is 0.278. The molecule has 0 aromatic carbocycles. The summed E-state index contributed by atoms with van der Waals surface area (Å²) in [5, 5.41) is 0. The molecule has 0 saturated heterocycles. The van der Waals surface area contributed by atoms with Crippen molar-refractivity contribution in [3.05, 3.63) is 0 Å². The fourth-order valence-electron chi connectivity index (χ4n) is 1.97. The molecular weight excluding hydrogens is 214 g/mol. The van der Waals surface area contributed by atoms with E-state index in [0.29, 0.717) is 0 Å². The van der Waals surface area contributed by atoms with Gasteiger partial charge in [0.15, 0.2) is 0 Å². The van der Waals surface area contributed by atoms with Gasteiger partial charge in [-0.15, -0.1) is 0 Å². The second-order valence-electron chi connectivity index (χ2n) is 3.85. The van der Waals surface area contributed by atoms with Crippen molar-refractivity contribution in [2.45, 2.75) is 25.9 Å². The molecule has 1 aliphatic carbocycles. The molecule has 16 heavy (non-hydrogen) atoms. The molecule has 6 heteroatoms. The van der Waals surface area contributed by atoms with Crippen LogP contribution in [0.1, 0.15) is 19.8 Å². The molecule has 1 saturated carbocycles. The second kappa shape index (κ2) is 4.96. The Morgan fingerprint density at radius 2 is 1.88 bits per heavy atom. The maximum atomic E-state index is 11.4. The highest BCUT2D eigenvalue weighted by atomic mass is 16.6. The van der Waals surface area contributed by atoms with Crippen molar-refractivity contribution >= 4 is 17.8 Å². The molecule has 0 aromatic heterocycles. The van der Waals surface area contributed by atoms with Gasteiger partial charge in [-0.1, -0.05) is 0 Å². The van der Waals surface area contributed by atoms with Crippen molar-refractivity contribution in [2.75, 3.05) is 7.11 Å². The summed E-state index contributed by atoms with van der Waals surface area (Å²) in [6.45, 7) is 1.26. The average molecular weight is 229 g/mol. The number of rotatable bonds is 3. The number of methoxy groups -OCH3 is 1. The van der Waals surface area contributed by atoms with Gasteiger partial charge in [-0.25, -0.2) is 0 Å². The third kappa shape index (κ3) is 2.71. The standard InChI is InChI=1S/C10H15NO5/c1-5(12)16-8-4-6(9(11)13)3-7(8)10(14)15-2/h6-8H,3-4H2,1-2H3,(H2,11,13). The van der Waals surface area contributed by atoms with Crippen LogP contribution in [0.15, 0.2) is 0 Å². The highest BCUT2D eigenvalue weighted by Crippen LogP contribution is 2.34. The zero-order valence-corrected chi connectivity index (χ0v) is 9.26. The van der Waals surface area contributed by atoms with E-state index in [0.717, 1.165) is 0 Å². The summed E-state index contributed by atoms with van der Waals surface area (Å²) in [5.74, 6) is -2.47. The van der Waals surface area contributed by atoms with Crippen molar-refractivity contribution in [2.24, 2.45) is 17.6 Å². The molecule has 6 nitrogen and oxygen atoms in total. The number of carbonyl (C=O) groups is 3. The summed E-state index contributed by atoms with van der Waals surface area (Å²) < 4.78 is 9.57. The first-order valence-corrected chi connectivity index (χ1v) is 5.00. The molecule has 3 atom stereocenters. The highest BCUT2D eigenvalue weighted by Gasteiger charge is 2.43. The summed E-state index contributed by atoms with van der Waals surface area (Å²) in [6.07, 6.45) is -0.0447. The van der Waals surface area contributed by atoms with Crippen LogP contribution in [0.5, 0.6) is 0 Å². The predicted octanol–water partition coefficient (Wildman–Crippen LogP) is -0.397. The van der Waals surface area contributed by atoms with E-state index in [9.17, 15) is 14.4 Å². The van der Waals surface area contributed by atoms with Gasteiger partial charge in [0.1, 0.15) is 6.10 Å². The molecule has 0 radical (unpaired) electrons. The van der Waals surface area contributed by atoms with Gasteiger partial charge in [-0.3, -0.25) is 14.4 Å². The molecule has 1 rings (SSSR count). The maximum Gasteiger partial charge on any atom is 0.312 e. The quantitative estimate of drug-likeness (QED) is 0.664. The first kappa shape index (κ1) is 12.5. The Labute approximate surface area is 93.1 Å². The Balaban J connectivity index is 2.74. The zero-order valence-electron chi connectivity index (χ0n) is 9.26. The van der Waals surface area contributed by atoms with Crippen LogP contribution in [0, 0.1) is 11.8 Å². The van der Waals surface area contributed by atoms with Gasteiger partial charge in [0, 0.05) is 12.8 Å². The summed E-state index contributed by atoms with van der Waals surface area (Å²) >= 11 is 0. The summed E-state index contributed by atoms with van der Waals surface area (Å²) in [7, 11) is 1.25. The highest BCUT2D eigenvalue weighted by molar-refractivity contribution is 5.80. The lowest BCUT2D eigenvalue weighted by molar-refractivity contribution is -0.156. The largest absolute Gasteiger partial charge is 0.469 e. The summed E-state index contributed by atoms with van der Waals surface area (Å²) in [6, 6.07) is 0. The van der Waals surface area contributed by atoms with Gasteiger partial charge in [0.25, 0.3) is 0 Å². The number of hydrogen-bond donors (Lipinski definition) is 1. The molecule has 1 aliphatic rings. The minimum atomic E-state index is -0.609. The topological polar surface area (TPSA) is 95.7 Å². The Kier molecular flexibility index (Phi) is 3.87. The zero-order chi connectivity index (χ0) is 12.3. The van der Waals surface area contributed by atoms with Gasteiger partial charge in [0.2, 0.25) is 5.91 Å². The van der Waals surface area contributed by atoms with E-state index in [1.807, 2.05) is 0 Å². The third-order valence-electron chi connectivity index (χ3n) is 2.73. The van der Waals surface area contributed by atoms with E-state index in [1.54, 1.807) is 0 Å². The molecule has 0 spiro atoms. The van der Waals surface area contributed by atoms with E-state index >= 15 is 0 Å². The van der Waals surface area contributed by atoms with Gasteiger partial charge >= 0.3 is 11.9 Å². The van der Waals surface area contributed by atoms with Gasteiger partial charge in [-0.2, -0.15) is 0 Å². The van der Waals surface area contributed by atoms with E-state index in [-0.39, 0.29) is 12.8 Å². The Bertz CT molecular complexity index is 314. The van der Waals surface area contributed by atoms with Crippen LogP contribution in [0.2, 0.25) is 0 Å². The summed E-state index contributed by atoms with van der Waals surface area (Å²) in [5.41, 5.74) is 5.16. The predicted molar refractivity (Wildman–Crippen MR) is 53.0 cm³/mol. The average Bonchev–Trinajstić information content (AvgIpc) is 2.59. The van der Waals surface area contributed by atoms with E-state index in [2.05, 4.69) is 4.74 Å². The summed E-state index contributed by atoms with van der Waals surface area (Å²) in [4.78, 5) is 33.3. The van der Waals surface area contributed by atoms with Crippen LogP contribution >= 0.6 is 0 Å². The molecule has 1 amide bonds. The first-order chi connectivity index (χ1) is 7.45. The molecular formula is C10H15NO5. The second-order valence-corrected chi connectivity index (χ2v) is 3.85. The number of hydrogen-bond acceptors (Lipinski definition) is 5. The van der Waals surface area contributed by atoms with Crippen molar-refractivity contribution in [1.82, 2.24) is 0 Å². The van der Waals surface area contributed by atoms with Gasteiger partial charge in [-0.05, 0) is 12.8 Å². The van der Waals surface area contributed by atoms with Crippen molar-refractivity contribution in [3.8, 4) is 0 Å². The molecule has 1 fully saturated rings. The van der Waals surface area contributed by atoms with Crippen LogP contribution in [0.4, 0.5) is 0 Å². The lowest BCUT2D eigenvalue weighted by Crippen LogP contribution is -2.28. The Morgan fingerprint density at radius 1 is 1.25 bits per heavy atom. The van der Waals surface area contributed by atoms with Crippen molar-refractivity contribution in [3.63, 3.8) is 0 Å². The van der Waals surface area contributed by atoms with Crippen molar-refractivity contribution < 1.29 is 23.9 Å². The van der Waals surface area contributed by atoms with Gasteiger partial charge in [0.05, 0.1) is 13.0 Å². The smallest absolute Gasteiger partial charge is 0.312 e.